The van der Waals surface area contributed by atoms with Gasteiger partial charge in [0.2, 0.25) is 0 Å². The number of carbonyl (C=O) groups is 1. The monoisotopic (exact) mass is 290 g/mol. The fourth-order valence-corrected chi connectivity index (χ4v) is 3.35. The molecule has 5 nitrogen and oxygen atoms in total. The average Bonchev–Trinajstić information content (AvgIpc) is 2.89. The van der Waals surface area contributed by atoms with Gasteiger partial charge in [-0.05, 0) is 37.8 Å². The molecule has 1 aromatic heterocycles. The smallest absolute Gasteiger partial charge is 0.357 e. The molecule has 0 amide bonds. The molecule has 2 N–H and O–H groups in total. The van der Waals surface area contributed by atoms with Crippen molar-refractivity contribution >= 4 is 11.7 Å². The number of pyridine rings is 1. The lowest BCUT2D eigenvalue weighted by atomic mass is 9.83. The van der Waals surface area contributed by atoms with Gasteiger partial charge in [0.05, 0.1) is 23.6 Å². The predicted molar refractivity (Wildman–Crippen MR) is 78.9 cm³/mol. The van der Waals surface area contributed by atoms with Crippen molar-refractivity contribution in [3.8, 4) is 0 Å². The van der Waals surface area contributed by atoms with Gasteiger partial charge >= 0.3 is 5.97 Å². The zero-order valence-electron chi connectivity index (χ0n) is 12.2. The fraction of sp³-hybridized carbons (Fsp3) is 0.625. The molecule has 1 aliphatic heterocycles. The number of esters is 1. The maximum absolute atomic E-state index is 11.9. The summed E-state index contributed by atoms with van der Waals surface area (Å²) in [5, 5.41) is 0. The largest absolute Gasteiger partial charge is 0.458 e. The van der Waals surface area contributed by atoms with Crippen LogP contribution in [0.1, 0.15) is 55.4 Å². The number of anilines is 1. The van der Waals surface area contributed by atoms with Crippen molar-refractivity contribution in [2.75, 3.05) is 12.3 Å². The lowest BCUT2D eigenvalue weighted by Gasteiger charge is -2.33. The van der Waals surface area contributed by atoms with Gasteiger partial charge in [-0.15, -0.1) is 0 Å². The van der Waals surface area contributed by atoms with E-state index < -0.39 is 5.97 Å². The molecule has 1 saturated carbocycles. The molecule has 1 unspecified atom stereocenters. The Morgan fingerprint density at radius 2 is 2.14 bits per heavy atom. The molecule has 5 heteroatoms. The Morgan fingerprint density at radius 3 is 2.86 bits per heavy atom. The second-order valence-electron chi connectivity index (χ2n) is 6.10. The molecule has 3 rings (SSSR count). The van der Waals surface area contributed by atoms with Crippen LogP contribution in [0.5, 0.6) is 0 Å². The second kappa shape index (κ2) is 6.02. The maximum atomic E-state index is 11.9. The van der Waals surface area contributed by atoms with Crippen LogP contribution < -0.4 is 5.73 Å². The molecular weight excluding hydrogens is 268 g/mol. The molecule has 0 bridgehead atoms. The summed E-state index contributed by atoms with van der Waals surface area (Å²) in [5.41, 5.74) is 6.43. The first-order chi connectivity index (χ1) is 10.2. The van der Waals surface area contributed by atoms with Crippen LogP contribution in [-0.2, 0) is 9.47 Å². The maximum Gasteiger partial charge on any atom is 0.357 e. The highest BCUT2D eigenvalue weighted by molar-refractivity contribution is 5.87. The topological polar surface area (TPSA) is 74.4 Å². The summed E-state index contributed by atoms with van der Waals surface area (Å²) < 4.78 is 11.5. The third kappa shape index (κ3) is 3.35. The number of nitrogens with zero attached hydrogens (tertiary/aromatic N) is 1. The highest BCUT2D eigenvalue weighted by Gasteiger charge is 2.41. The minimum atomic E-state index is -0.414. The standard InChI is InChI=1S/C16H22N2O3/c17-12-4-5-14(18-10-12)15(19)20-11-13-6-9-16(21-13)7-2-1-3-8-16/h4-5,10,13H,1-3,6-9,11,17H2. The Morgan fingerprint density at radius 1 is 1.33 bits per heavy atom. The van der Waals surface area contributed by atoms with Crippen molar-refractivity contribution in [2.45, 2.75) is 56.7 Å². The van der Waals surface area contributed by atoms with E-state index in [1.165, 1.54) is 25.5 Å². The number of hydrogen-bond donors (Lipinski definition) is 1. The van der Waals surface area contributed by atoms with Gasteiger partial charge < -0.3 is 15.2 Å². The van der Waals surface area contributed by atoms with Crippen LogP contribution in [0.25, 0.3) is 0 Å². The summed E-state index contributed by atoms with van der Waals surface area (Å²) in [4.78, 5) is 15.9. The highest BCUT2D eigenvalue weighted by atomic mass is 16.6. The molecule has 2 heterocycles. The zero-order chi connectivity index (χ0) is 14.7. The molecule has 2 fully saturated rings. The van der Waals surface area contributed by atoms with Crippen molar-refractivity contribution in [2.24, 2.45) is 0 Å². The summed E-state index contributed by atoms with van der Waals surface area (Å²) in [5.74, 6) is -0.414. The van der Waals surface area contributed by atoms with Crippen molar-refractivity contribution in [1.82, 2.24) is 4.98 Å². The molecular formula is C16H22N2O3. The number of carbonyl (C=O) groups excluding carboxylic acids is 1. The summed E-state index contributed by atoms with van der Waals surface area (Å²) in [6.07, 6.45) is 9.67. The van der Waals surface area contributed by atoms with Crippen LogP contribution >= 0.6 is 0 Å². The summed E-state index contributed by atoms with van der Waals surface area (Å²) in [6.45, 7) is 0.312. The minimum Gasteiger partial charge on any atom is -0.458 e. The van der Waals surface area contributed by atoms with Crippen molar-refractivity contribution < 1.29 is 14.3 Å². The van der Waals surface area contributed by atoms with E-state index in [4.69, 9.17) is 15.2 Å². The second-order valence-corrected chi connectivity index (χ2v) is 6.10. The number of rotatable bonds is 3. The SMILES string of the molecule is Nc1ccc(C(=O)OCC2CCC3(CCCCC3)O2)nc1. The van der Waals surface area contributed by atoms with Crippen molar-refractivity contribution in [3.05, 3.63) is 24.0 Å². The zero-order valence-corrected chi connectivity index (χ0v) is 12.2. The van der Waals surface area contributed by atoms with Gasteiger partial charge in [0.15, 0.2) is 0 Å². The van der Waals surface area contributed by atoms with Crippen LogP contribution in [0.15, 0.2) is 18.3 Å². The highest BCUT2D eigenvalue weighted by Crippen LogP contribution is 2.41. The number of hydrogen-bond acceptors (Lipinski definition) is 5. The van der Waals surface area contributed by atoms with Crippen molar-refractivity contribution in [3.63, 3.8) is 0 Å². The molecule has 1 aromatic rings. The van der Waals surface area contributed by atoms with Gasteiger partial charge in [-0.3, -0.25) is 0 Å². The Labute approximate surface area is 124 Å². The first kappa shape index (κ1) is 14.3. The number of ether oxygens (including phenoxy) is 2. The van der Waals surface area contributed by atoms with Crippen LogP contribution in [0.2, 0.25) is 0 Å². The van der Waals surface area contributed by atoms with Crippen LogP contribution in [0.4, 0.5) is 5.69 Å². The Hall–Kier alpha value is -1.62. The van der Waals surface area contributed by atoms with Crippen molar-refractivity contribution in [1.29, 1.82) is 0 Å². The fourth-order valence-electron chi connectivity index (χ4n) is 3.35. The molecule has 0 radical (unpaired) electrons. The van der Waals surface area contributed by atoms with Gasteiger partial charge in [0.25, 0.3) is 0 Å². The molecule has 1 aliphatic carbocycles. The van der Waals surface area contributed by atoms with Crippen LogP contribution in [-0.4, -0.2) is 29.3 Å². The van der Waals surface area contributed by atoms with Crippen LogP contribution in [0.3, 0.4) is 0 Å². The Kier molecular flexibility index (Phi) is 4.10. The van der Waals surface area contributed by atoms with E-state index in [0.717, 1.165) is 25.7 Å². The normalized spacial score (nSPS) is 24.1. The molecule has 1 atom stereocenters. The lowest BCUT2D eigenvalue weighted by molar-refractivity contribution is -0.0810. The summed E-state index contributed by atoms with van der Waals surface area (Å²) >= 11 is 0. The number of nitrogen functional groups attached to an aromatic ring is 1. The average molecular weight is 290 g/mol. The number of nitrogens with two attached hydrogens (primary N) is 1. The molecule has 1 spiro atoms. The first-order valence-corrected chi connectivity index (χ1v) is 7.73. The van der Waals surface area contributed by atoms with E-state index in [1.54, 1.807) is 12.1 Å². The van der Waals surface area contributed by atoms with E-state index in [0.29, 0.717) is 12.3 Å². The van der Waals surface area contributed by atoms with E-state index in [9.17, 15) is 4.79 Å². The molecule has 114 valence electrons. The molecule has 21 heavy (non-hydrogen) atoms. The quantitative estimate of drug-likeness (QED) is 0.866. The first-order valence-electron chi connectivity index (χ1n) is 7.73. The van der Waals surface area contributed by atoms with E-state index in [2.05, 4.69) is 4.98 Å². The van der Waals surface area contributed by atoms with E-state index in [-0.39, 0.29) is 17.4 Å². The predicted octanol–water partition coefficient (Wildman–Crippen LogP) is 2.70. The molecule has 1 saturated heterocycles. The Balaban J connectivity index is 1.49. The summed E-state index contributed by atoms with van der Waals surface area (Å²) in [6, 6.07) is 3.22. The lowest BCUT2D eigenvalue weighted by Crippen LogP contribution is -2.32. The molecule has 0 aromatic carbocycles. The Bertz CT molecular complexity index is 495. The third-order valence-corrected chi connectivity index (χ3v) is 4.50. The van der Waals surface area contributed by atoms with Crippen LogP contribution in [0, 0.1) is 0 Å². The number of aromatic nitrogens is 1. The minimum absolute atomic E-state index is 0.0285. The van der Waals surface area contributed by atoms with E-state index in [1.807, 2.05) is 0 Å². The van der Waals surface area contributed by atoms with E-state index >= 15 is 0 Å². The molecule has 2 aliphatic rings. The van der Waals surface area contributed by atoms with Gasteiger partial charge in [0, 0.05) is 0 Å². The summed E-state index contributed by atoms with van der Waals surface area (Å²) in [7, 11) is 0. The van der Waals surface area contributed by atoms with Gasteiger partial charge in [0.1, 0.15) is 12.3 Å². The third-order valence-electron chi connectivity index (χ3n) is 4.50. The van der Waals surface area contributed by atoms with Gasteiger partial charge in [-0.25, -0.2) is 9.78 Å². The van der Waals surface area contributed by atoms with Gasteiger partial charge in [-0.2, -0.15) is 0 Å². The van der Waals surface area contributed by atoms with Gasteiger partial charge in [-0.1, -0.05) is 19.3 Å².